The van der Waals surface area contributed by atoms with Crippen molar-refractivity contribution in [3.63, 3.8) is 0 Å². The number of hydrogen-bond acceptors (Lipinski definition) is 3. The fourth-order valence-corrected chi connectivity index (χ4v) is 2.61. The van der Waals surface area contributed by atoms with Crippen LogP contribution >= 0.6 is 31.9 Å². The van der Waals surface area contributed by atoms with Gasteiger partial charge in [-0.25, -0.2) is 0 Å². The van der Waals surface area contributed by atoms with Gasteiger partial charge in [-0.3, -0.25) is 4.79 Å². The van der Waals surface area contributed by atoms with Gasteiger partial charge in [0.15, 0.2) is 11.5 Å². The molecule has 1 aromatic carbocycles. The standard InChI is InChI=1S/C13H10Br2N2O3/c14-7-3-10(16-6-7)13(18)17-9-5-12-11(4-8(9)15)19-1-2-20-12/h3-6,16H,1-2H2,(H,17,18). The summed E-state index contributed by atoms with van der Waals surface area (Å²) in [5.41, 5.74) is 1.10. The highest BCUT2D eigenvalue weighted by Gasteiger charge is 2.17. The molecule has 2 N–H and O–H groups in total. The van der Waals surface area contributed by atoms with Crippen molar-refractivity contribution in [2.24, 2.45) is 0 Å². The summed E-state index contributed by atoms with van der Waals surface area (Å²) < 4.78 is 12.5. The number of rotatable bonds is 2. The van der Waals surface area contributed by atoms with Gasteiger partial charge < -0.3 is 19.8 Å². The molecule has 0 saturated carbocycles. The Morgan fingerprint density at radius 2 is 1.85 bits per heavy atom. The molecule has 7 heteroatoms. The first-order valence-corrected chi connectivity index (χ1v) is 7.46. The van der Waals surface area contributed by atoms with Gasteiger partial charge in [-0.15, -0.1) is 0 Å². The van der Waals surface area contributed by atoms with Gasteiger partial charge in [0.25, 0.3) is 5.91 Å². The second-order valence-electron chi connectivity index (χ2n) is 4.16. The molecule has 0 saturated heterocycles. The monoisotopic (exact) mass is 400 g/mol. The van der Waals surface area contributed by atoms with Gasteiger partial charge in [-0.1, -0.05) is 0 Å². The first-order chi connectivity index (χ1) is 9.63. The van der Waals surface area contributed by atoms with Crippen molar-refractivity contribution < 1.29 is 14.3 Å². The van der Waals surface area contributed by atoms with Crippen LogP contribution in [-0.4, -0.2) is 24.1 Å². The smallest absolute Gasteiger partial charge is 0.272 e. The Hall–Kier alpha value is -1.47. The van der Waals surface area contributed by atoms with Crippen LogP contribution in [0.3, 0.4) is 0 Å². The minimum atomic E-state index is -0.229. The number of aromatic nitrogens is 1. The normalized spacial score (nSPS) is 13.1. The molecule has 20 heavy (non-hydrogen) atoms. The van der Waals surface area contributed by atoms with E-state index in [4.69, 9.17) is 9.47 Å². The van der Waals surface area contributed by atoms with E-state index in [1.54, 1.807) is 24.4 Å². The number of hydrogen-bond donors (Lipinski definition) is 2. The third-order valence-corrected chi connectivity index (χ3v) is 3.89. The fourth-order valence-electron chi connectivity index (χ4n) is 1.85. The maximum atomic E-state index is 12.1. The quantitative estimate of drug-likeness (QED) is 0.808. The molecule has 1 aliphatic rings. The Bertz CT molecular complexity index is 670. The zero-order valence-electron chi connectivity index (χ0n) is 10.2. The molecule has 0 aliphatic carbocycles. The molecular weight excluding hydrogens is 392 g/mol. The Kier molecular flexibility index (Phi) is 3.71. The van der Waals surface area contributed by atoms with Crippen molar-refractivity contribution in [2.75, 3.05) is 18.5 Å². The molecule has 2 aromatic rings. The summed E-state index contributed by atoms with van der Waals surface area (Å²) >= 11 is 6.70. The summed E-state index contributed by atoms with van der Waals surface area (Å²) in [4.78, 5) is 15.0. The fraction of sp³-hybridized carbons (Fsp3) is 0.154. The number of carbonyl (C=O) groups is 1. The van der Waals surface area contributed by atoms with Crippen LogP contribution in [0, 0.1) is 0 Å². The van der Waals surface area contributed by atoms with E-state index in [1.807, 2.05) is 0 Å². The molecule has 0 radical (unpaired) electrons. The number of ether oxygens (including phenoxy) is 2. The Labute approximate surface area is 131 Å². The first kappa shape index (κ1) is 13.5. The molecule has 0 bridgehead atoms. The summed E-state index contributed by atoms with van der Waals surface area (Å²) in [6, 6.07) is 5.24. The number of carbonyl (C=O) groups excluding carboxylic acids is 1. The van der Waals surface area contributed by atoms with E-state index in [1.165, 1.54) is 0 Å². The average molecular weight is 402 g/mol. The lowest BCUT2D eigenvalue weighted by Gasteiger charge is -2.20. The number of benzene rings is 1. The molecule has 104 valence electrons. The topological polar surface area (TPSA) is 63.4 Å². The van der Waals surface area contributed by atoms with Crippen LogP contribution in [0.15, 0.2) is 33.3 Å². The highest BCUT2D eigenvalue weighted by Crippen LogP contribution is 2.38. The van der Waals surface area contributed by atoms with Crippen LogP contribution in [0.1, 0.15) is 10.5 Å². The van der Waals surface area contributed by atoms with Gasteiger partial charge in [0, 0.05) is 27.3 Å². The van der Waals surface area contributed by atoms with Crippen LogP contribution in [0.2, 0.25) is 0 Å². The minimum absolute atomic E-state index is 0.229. The van der Waals surface area contributed by atoms with Gasteiger partial charge in [-0.05, 0) is 37.9 Å². The van der Waals surface area contributed by atoms with Crippen molar-refractivity contribution in [3.05, 3.63) is 39.0 Å². The zero-order chi connectivity index (χ0) is 14.1. The lowest BCUT2D eigenvalue weighted by molar-refractivity contribution is 0.102. The minimum Gasteiger partial charge on any atom is -0.486 e. The van der Waals surface area contributed by atoms with Gasteiger partial charge in [-0.2, -0.15) is 0 Å². The van der Waals surface area contributed by atoms with Crippen LogP contribution in [0.25, 0.3) is 0 Å². The maximum Gasteiger partial charge on any atom is 0.272 e. The third kappa shape index (κ3) is 2.69. The van der Waals surface area contributed by atoms with Crippen molar-refractivity contribution >= 4 is 43.5 Å². The predicted molar refractivity (Wildman–Crippen MR) is 81.6 cm³/mol. The molecule has 5 nitrogen and oxygen atoms in total. The van der Waals surface area contributed by atoms with E-state index in [-0.39, 0.29) is 5.91 Å². The second kappa shape index (κ2) is 5.49. The Morgan fingerprint density at radius 1 is 1.15 bits per heavy atom. The molecule has 1 amide bonds. The van der Waals surface area contributed by atoms with Crippen molar-refractivity contribution in [3.8, 4) is 11.5 Å². The lowest BCUT2D eigenvalue weighted by Crippen LogP contribution is -2.17. The lowest BCUT2D eigenvalue weighted by atomic mass is 10.2. The first-order valence-electron chi connectivity index (χ1n) is 5.88. The molecule has 0 spiro atoms. The molecule has 1 aromatic heterocycles. The zero-order valence-corrected chi connectivity index (χ0v) is 13.4. The molecular formula is C13H10Br2N2O3. The molecule has 0 atom stereocenters. The van der Waals surface area contributed by atoms with Gasteiger partial charge >= 0.3 is 0 Å². The van der Waals surface area contributed by atoms with E-state index in [9.17, 15) is 4.79 Å². The largest absolute Gasteiger partial charge is 0.486 e. The van der Waals surface area contributed by atoms with Crippen LogP contribution < -0.4 is 14.8 Å². The Balaban J connectivity index is 1.85. The molecule has 1 aliphatic heterocycles. The number of halogens is 2. The van der Waals surface area contributed by atoms with E-state index in [0.29, 0.717) is 36.1 Å². The number of aromatic amines is 1. The summed E-state index contributed by atoms with van der Waals surface area (Å²) in [6.07, 6.45) is 1.70. The van der Waals surface area contributed by atoms with Crippen LogP contribution in [0.5, 0.6) is 11.5 Å². The number of H-pyrrole nitrogens is 1. The van der Waals surface area contributed by atoms with Gasteiger partial charge in [0.05, 0.1) is 5.69 Å². The van der Waals surface area contributed by atoms with E-state index in [2.05, 4.69) is 42.2 Å². The molecule has 3 rings (SSSR count). The Morgan fingerprint density at radius 3 is 2.50 bits per heavy atom. The van der Waals surface area contributed by atoms with E-state index in [0.717, 1.165) is 8.95 Å². The van der Waals surface area contributed by atoms with Crippen LogP contribution in [-0.2, 0) is 0 Å². The van der Waals surface area contributed by atoms with Crippen molar-refractivity contribution in [1.29, 1.82) is 0 Å². The van der Waals surface area contributed by atoms with Crippen molar-refractivity contribution in [2.45, 2.75) is 0 Å². The number of anilines is 1. The van der Waals surface area contributed by atoms with Gasteiger partial charge in [0.1, 0.15) is 18.9 Å². The predicted octanol–water partition coefficient (Wildman–Crippen LogP) is 3.56. The summed E-state index contributed by atoms with van der Waals surface area (Å²) in [5.74, 6) is 1.07. The van der Waals surface area contributed by atoms with Crippen LogP contribution in [0.4, 0.5) is 5.69 Å². The van der Waals surface area contributed by atoms with E-state index >= 15 is 0 Å². The maximum absolute atomic E-state index is 12.1. The average Bonchev–Trinajstić information content (AvgIpc) is 2.86. The molecule has 2 heterocycles. The van der Waals surface area contributed by atoms with E-state index < -0.39 is 0 Å². The number of nitrogens with one attached hydrogen (secondary N) is 2. The summed E-state index contributed by atoms with van der Waals surface area (Å²) in [7, 11) is 0. The number of amides is 1. The highest BCUT2D eigenvalue weighted by molar-refractivity contribution is 9.10. The third-order valence-electron chi connectivity index (χ3n) is 2.77. The number of fused-ring (bicyclic) bond motifs is 1. The SMILES string of the molecule is O=C(Nc1cc2c(cc1Br)OCCO2)c1cc(Br)c[nH]1. The second-order valence-corrected chi connectivity index (χ2v) is 5.93. The van der Waals surface area contributed by atoms with Crippen molar-refractivity contribution in [1.82, 2.24) is 4.98 Å². The summed E-state index contributed by atoms with van der Waals surface area (Å²) in [6.45, 7) is 1.03. The van der Waals surface area contributed by atoms with Gasteiger partial charge in [0.2, 0.25) is 0 Å². The summed E-state index contributed by atoms with van der Waals surface area (Å²) in [5, 5.41) is 2.82. The molecule has 0 fully saturated rings. The molecule has 0 unspecified atom stereocenters. The highest BCUT2D eigenvalue weighted by atomic mass is 79.9.